The number of anilines is 1. The van der Waals surface area contributed by atoms with Gasteiger partial charge in [-0.25, -0.2) is 4.39 Å². The highest BCUT2D eigenvalue weighted by Gasteiger charge is 2.34. The number of nitrogens with one attached hydrogen (secondary N) is 1. The molecule has 2 aromatic heterocycles. The fraction of sp³-hybridized carbons (Fsp3) is 0.412. The molecule has 0 radical (unpaired) electrons. The van der Waals surface area contributed by atoms with Gasteiger partial charge in [0.15, 0.2) is 0 Å². The highest BCUT2D eigenvalue weighted by atomic mass is 19.1. The van der Waals surface area contributed by atoms with E-state index in [1.165, 1.54) is 0 Å². The van der Waals surface area contributed by atoms with Gasteiger partial charge in [-0.3, -0.25) is 0 Å². The van der Waals surface area contributed by atoms with Crippen molar-refractivity contribution in [3.05, 3.63) is 42.0 Å². The number of rotatable bonds is 5. The van der Waals surface area contributed by atoms with Crippen LogP contribution in [-0.2, 0) is 6.54 Å². The summed E-state index contributed by atoms with van der Waals surface area (Å²) < 4.78 is 25.0. The zero-order valence-electron chi connectivity index (χ0n) is 13.4. The molecule has 2 atom stereocenters. The van der Waals surface area contributed by atoms with Crippen LogP contribution in [0.1, 0.15) is 18.1 Å². The summed E-state index contributed by atoms with van der Waals surface area (Å²) in [5, 5.41) is 12.3. The van der Waals surface area contributed by atoms with E-state index in [0.717, 1.165) is 16.7 Å². The van der Waals surface area contributed by atoms with Crippen LogP contribution in [-0.4, -0.2) is 35.5 Å². The van der Waals surface area contributed by atoms with E-state index in [-0.39, 0.29) is 6.04 Å². The smallest absolute Gasteiger partial charge is 0.318 e. The maximum atomic E-state index is 13.8. The summed E-state index contributed by atoms with van der Waals surface area (Å²) in [5.41, 5.74) is 0.877. The van der Waals surface area contributed by atoms with E-state index in [4.69, 9.17) is 8.83 Å². The maximum absolute atomic E-state index is 13.8. The van der Waals surface area contributed by atoms with Gasteiger partial charge in [0.1, 0.15) is 17.5 Å². The van der Waals surface area contributed by atoms with Gasteiger partial charge in [0.25, 0.3) is 0 Å². The first kappa shape index (κ1) is 15.1. The SMILES string of the molecule is Cc1nnc(N2C[C@@H](F)C[C@H]2CNCc2cc3ccccc3o2)o1. The molecule has 1 fully saturated rings. The van der Waals surface area contributed by atoms with Crippen LogP contribution in [0.15, 0.2) is 39.2 Å². The summed E-state index contributed by atoms with van der Waals surface area (Å²) in [6, 6.07) is 10.3. The first-order valence-electron chi connectivity index (χ1n) is 8.08. The fourth-order valence-electron chi connectivity index (χ4n) is 3.18. The number of hydrogen-bond donors (Lipinski definition) is 1. The minimum Gasteiger partial charge on any atom is -0.460 e. The molecular weight excluding hydrogens is 311 g/mol. The highest BCUT2D eigenvalue weighted by molar-refractivity contribution is 5.77. The molecule has 0 aliphatic carbocycles. The van der Waals surface area contributed by atoms with Crippen LogP contribution >= 0.6 is 0 Å². The second-order valence-electron chi connectivity index (χ2n) is 6.12. The standard InChI is InChI=1S/C17H19FN4O2/c1-11-20-21-17(23-11)22-10-13(18)7-14(22)8-19-9-15-6-12-4-2-3-5-16(12)24-15/h2-6,13-14,19H,7-10H2,1H3/t13-,14-/m0/s1. The van der Waals surface area contributed by atoms with Crippen molar-refractivity contribution in [3.8, 4) is 0 Å². The van der Waals surface area contributed by atoms with Crippen molar-refractivity contribution in [3.63, 3.8) is 0 Å². The molecule has 24 heavy (non-hydrogen) atoms. The van der Waals surface area contributed by atoms with Gasteiger partial charge in [-0.2, -0.15) is 0 Å². The fourth-order valence-corrected chi connectivity index (χ4v) is 3.18. The minimum absolute atomic E-state index is 0.00997. The molecule has 1 N–H and O–H groups in total. The molecule has 1 aliphatic heterocycles. The van der Waals surface area contributed by atoms with Crippen molar-refractivity contribution in [2.24, 2.45) is 0 Å². The lowest BCUT2D eigenvalue weighted by Gasteiger charge is -2.21. The van der Waals surface area contributed by atoms with E-state index < -0.39 is 6.17 Å². The first-order chi connectivity index (χ1) is 11.7. The van der Waals surface area contributed by atoms with Crippen molar-refractivity contribution in [1.29, 1.82) is 0 Å². The predicted octanol–water partition coefficient (Wildman–Crippen LogP) is 2.83. The summed E-state index contributed by atoms with van der Waals surface area (Å²) >= 11 is 0. The zero-order valence-corrected chi connectivity index (χ0v) is 13.4. The number of benzene rings is 1. The van der Waals surface area contributed by atoms with Gasteiger partial charge in [0, 0.05) is 31.3 Å². The summed E-state index contributed by atoms with van der Waals surface area (Å²) in [5.74, 6) is 1.35. The number of aromatic nitrogens is 2. The van der Waals surface area contributed by atoms with Crippen LogP contribution in [0.25, 0.3) is 11.0 Å². The summed E-state index contributed by atoms with van der Waals surface area (Å²) in [4.78, 5) is 1.84. The lowest BCUT2D eigenvalue weighted by atomic mass is 10.2. The third-order valence-corrected chi connectivity index (χ3v) is 4.28. The summed E-state index contributed by atoms with van der Waals surface area (Å²) in [6.07, 6.45) is -0.427. The van der Waals surface area contributed by atoms with Crippen LogP contribution in [0.5, 0.6) is 0 Å². The Morgan fingerprint density at radius 1 is 1.29 bits per heavy atom. The summed E-state index contributed by atoms with van der Waals surface area (Å²) in [7, 11) is 0. The molecule has 4 rings (SSSR count). The molecule has 6 nitrogen and oxygen atoms in total. The molecule has 3 aromatic rings. The Morgan fingerprint density at radius 3 is 2.96 bits per heavy atom. The van der Waals surface area contributed by atoms with Gasteiger partial charge >= 0.3 is 6.01 Å². The molecule has 126 valence electrons. The second-order valence-corrected chi connectivity index (χ2v) is 6.12. The summed E-state index contributed by atoms with van der Waals surface area (Å²) in [6.45, 7) is 3.24. The number of fused-ring (bicyclic) bond motifs is 1. The number of aryl methyl sites for hydroxylation is 1. The molecule has 0 bridgehead atoms. The Labute approximate surface area is 138 Å². The Balaban J connectivity index is 1.39. The quantitative estimate of drug-likeness (QED) is 0.776. The lowest BCUT2D eigenvalue weighted by Crippen LogP contribution is -2.38. The maximum Gasteiger partial charge on any atom is 0.318 e. The lowest BCUT2D eigenvalue weighted by molar-refractivity contribution is 0.353. The molecule has 1 aliphatic rings. The second kappa shape index (κ2) is 6.24. The van der Waals surface area contributed by atoms with E-state index in [9.17, 15) is 4.39 Å². The van der Waals surface area contributed by atoms with Gasteiger partial charge in [0.05, 0.1) is 13.1 Å². The molecule has 0 amide bonds. The molecule has 0 unspecified atom stereocenters. The molecule has 0 saturated carbocycles. The average molecular weight is 330 g/mol. The Bertz CT molecular complexity index is 798. The Morgan fingerprint density at radius 2 is 2.17 bits per heavy atom. The van der Waals surface area contributed by atoms with Crippen molar-refractivity contribution < 1.29 is 13.2 Å². The molecule has 3 heterocycles. The van der Waals surface area contributed by atoms with Crippen LogP contribution in [0.3, 0.4) is 0 Å². The zero-order chi connectivity index (χ0) is 16.5. The number of halogens is 1. The minimum atomic E-state index is -0.879. The molecular formula is C17H19FN4O2. The average Bonchev–Trinajstić information content (AvgIpc) is 3.25. The van der Waals surface area contributed by atoms with Crippen LogP contribution in [0.4, 0.5) is 10.4 Å². The molecule has 7 heteroatoms. The monoisotopic (exact) mass is 330 g/mol. The van der Waals surface area contributed by atoms with E-state index in [1.807, 2.05) is 35.2 Å². The molecule has 1 saturated heterocycles. The molecule has 0 spiro atoms. The van der Waals surface area contributed by atoms with Crippen molar-refractivity contribution in [2.75, 3.05) is 18.0 Å². The van der Waals surface area contributed by atoms with E-state index >= 15 is 0 Å². The largest absolute Gasteiger partial charge is 0.460 e. The van der Waals surface area contributed by atoms with Gasteiger partial charge < -0.3 is 19.1 Å². The number of furan rings is 1. The van der Waals surface area contributed by atoms with E-state index in [0.29, 0.717) is 38.0 Å². The number of hydrogen-bond acceptors (Lipinski definition) is 6. The van der Waals surface area contributed by atoms with E-state index in [1.54, 1.807) is 6.92 Å². The number of para-hydroxylation sites is 1. The van der Waals surface area contributed by atoms with Crippen molar-refractivity contribution >= 4 is 17.0 Å². The van der Waals surface area contributed by atoms with Crippen LogP contribution in [0, 0.1) is 6.92 Å². The molecule has 1 aromatic carbocycles. The highest BCUT2D eigenvalue weighted by Crippen LogP contribution is 2.26. The topological polar surface area (TPSA) is 67.3 Å². The number of nitrogens with zero attached hydrogens (tertiary/aromatic N) is 3. The first-order valence-corrected chi connectivity index (χ1v) is 8.08. The van der Waals surface area contributed by atoms with Gasteiger partial charge in [-0.05, 0) is 12.1 Å². The third kappa shape index (κ3) is 2.99. The van der Waals surface area contributed by atoms with Crippen molar-refractivity contribution in [2.45, 2.75) is 32.1 Å². The Hall–Kier alpha value is -2.41. The Kier molecular flexibility index (Phi) is 3.93. The predicted molar refractivity (Wildman–Crippen MR) is 87.6 cm³/mol. The van der Waals surface area contributed by atoms with Gasteiger partial charge in [-0.15, -0.1) is 5.10 Å². The normalized spacial score (nSPS) is 21.0. The van der Waals surface area contributed by atoms with Crippen LogP contribution < -0.4 is 10.2 Å². The van der Waals surface area contributed by atoms with Crippen LogP contribution in [0.2, 0.25) is 0 Å². The number of alkyl halides is 1. The van der Waals surface area contributed by atoms with Gasteiger partial charge in [-0.1, -0.05) is 23.3 Å². The van der Waals surface area contributed by atoms with Gasteiger partial charge in [0.2, 0.25) is 5.89 Å². The third-order valence-electron chi connectivity index (χ3n) is 4.28. The van der Waals surface area contributed by atoms with Crippen molar-refractivity contribution in [1.82, 2.24) is 15.5 Å². The van der Waals surface area contributed by atoms with E-state index in [2.05, 4.69) is 15.5 Å².